The third-order valence-corrected chi connectivity index (χ3v) is 6.26. The molecule has 44 heavy (non-hydrogen) atoms. The molecule has 0 amide bonds. The van der Waals surface area contributed by atoms with E-state index in [4.69, 9.17) is 37.9 Å². The van der Waals surface area contributed by atoms with Crippen molar-refractivity contribution in [3.8, 4) is 46.0 Å². The van der Waals surface area contributed by atoms with E-state index in [2.05, 4.69) is 101 Å². The Hall–Kier alpha value is -0.360. The average molecular weight is 765 g/mol. The van der Waals surface area contributed by atoms with Crippen LogP contribution in [0.5, 0.6) is 46.0 Å². The van der Waals surface area contributed by atoms with Crippen LogP contribution in [0.15, 0.2) is 24.3 Å². The predicted molar refractivity (Wildman–Crippen MR) is 208 cm³/mol. The van der Waals surface area contributed by atoms with Crippen molar-refractivity contribution in [1.29, 1.82) is 0 Å². The molecule has 0 aromatic heterocycles. The minimum Gasteiger partial charge on any atom is -0.492 e. The maximum Gasteiger partial charge on any atom is 0.203 e. The van der Waals surface area contributed by atoms with E-state index in [1.165, 1.54) is 0 Å². The Bertz CT molecular complexity index is 919. The highest BCUT2D eigenvalue weighted by molar-refractivity contribution is 7.81. The molecule has 0 radical (unpaired) electrons. The van der Waals surface area contributed by atoms with Crippen LogP contribution in [0.3, 0.4) is 0 Å². The molecule has 0 unspecified atom stereocenters. The molecule has 0 heterocycles. The highest BCUT2D eigenvalue weighted by Gasteiger charge is 2.17. The van der Waals surface area contributed by atoms with Gasteiger partial charge in [0.05, 0.1) is 52.9 Å². The lowest BCUT2D eigenvalue weighted by atomic mass is 10.2. The van der Waals surface area contributed by atoms with Gasteiger partial charge in [-0.3, -0.25) is 0 Å². The molecule has 2 rings (SSSR count). The Balaban J connectivity index is 0.000000440. The van der Waals surface area contributed by atoms with E-state index >= 15 is 0 Å². The van der Waals surface area contributed by atoms with E-state index in [1.54, 1.807) is 24.3 Å². The number of benzene rings is 2. The molecule has 0 aliphatic carbocycles. The first-order valence-electron chi connectivity index (χ1n) is 13.8. The zero-order chi connectivity index (χ0) is 32.4. The Morgan fingerprint density at radius 2 is 0.545 bits per heavy atom. The first-order chi connectivity index (χ1) is 21.5. The van der Waals surface area contributed by atoms with Gasteiger partial charge in [0.25, 0.3) is 0 Å². The lowest BCUT2D eigenvalue weighted by Gasteiger charge is -2.18. The Morgan fingerprint density at radius 3 is 0.841 bits per heavy atom. The molecule has 0 N–H and O–H groups in total. The van der Waals surface area contributed by atoms with Crippen molar-refractivity contribution < 1.29 is 37.9 Å². The van der Waals surface area contributed by atoms with Gasteiger partial charge in [0.15, 0.2) is 34.5 Å². The van der Waals surface area contributed by atoms with Gasteiger partial charge in [-0.25, -0.2) is 0 Å². The van der Waals surface area contributed by atoms with Crippen molar-refractivity contribution >= 4 is 101 Å². The number of ether oxygens (including phenoxy) is 8. The van der Waals surface area contributed by atoms with Crippen LogP contribution in [0, 0.1) is 0 Å². The number of thiol groups is 8. The van der Waals surface area contributed by atoms with Crippen LogP contribution in [0.4, 0.5) is 0 Å². The second-order valence-corrected chi connectivity index (χ2v) is 11.6. The molecule has 0 aliphatic heterocycles. The van der Waals surface area contributed by atoms with Gasteiger partial charge in [0.1, 0.15) is 5.75 Å². The van der Waals surface area contributed by atoms with Crippen LogP contribution in [0.25, 0.3) is 0 Å². The highest BCUT2D eigenvalue weighted by atomic mass is 32.1. The summed E-state index contributed by atoms with van der Waals surface area (Å²) in [5, 5.41) is 0. The molecule has 0 atom stereocenters. The van der Waals surface area contributed by atoms with Gasteiger partial charge < -0.3 is 37.9 Å². The van der Waals surface area contributed by atoms with E-state index < -0.39 is 0 Å². The summed E-state index contributed by atoms with van der Waals surface area (Å²) in [6.45, 7) is 3.77. The first kappa shape index (κ1) is 41.7. The third-order valence-electron chi connectivity index (χ3n) is 4.80. The molecule has 8 nitrogen and oxygen atoms in total. The van der Waals surface area contributed by atoms with Gasteiger partial charge in [-0.05, 0) is 0 Å². The van der Waals surface area contributed by atoms with Crippen LogP contribution < -0.4 is 37.9 Å². The van der Waals surface area contributed by atoms with Gasteiger partial charge in [0, 0.05) is 70.3 Å². The van der Waals surface area contributed by atoms with Crippen molar-refractivity contribution in [2.75, 3.05) is 98.9 Å². The Kier molecular flexibility index (Phi) is 26.3. The van der Waals surface area contributed by atoms with Gasteiger partial charge >= 0.3 is 0 Å². The van der Waals surface area contributed by atoms with Crippen molar-refractivity contribution in [2.24, 2.45) is 0 Å². The van der Waals surface area contributed by atoms with Crippen molar-refractivity contribution in [1.82, 2.24) is 0 Å². The third kappa shape index (κ3) is 17.0. The van der Waals surface area contributed by atoms with Crippen LogP contribution in [-0.2, 0) is 0 Å². The predicted octanol–water partition coefficient (Wildman–Crippen LogP) is 5.84. The molecule has 0 fully saturated rings. The molecule has 2 aromatic carbocycles. The van der Waals surface area contributed by atoms with E-state index in [0.29, 0.717) is 145 Å². The largest absolute Gasteiger partial charge is 0.492 e. The average Bonchev–Trinajstić information content (AvgIpc) is 3.05. The van der Waals surface area contributed by atoms with Gasteiger partial charge in [-0.2, -0.15) is 101 Å². The highest BCUT2D eigenvalue weighted by Crippen LogP contribution is 2.42. The second-order valence-electron chi connectivity index (χ2n) is 8.07. The summed E-state index contributed by atoms with van der Waals surface area (Å²) in [7, 11) is 0. The SMILES string of the molecule is SCCOc1cc(OCCS)c(OCCS)c(OCCS)c1.SCCOc1cc(OCCS)c(OCCS)cc1OCCS. The molecule has 0 saturated carbocycles. The monoisotopic (exact) mass is 764 g/mol. The lowest BCUT2D eigenvalue weighted by Crippen LogP contribution is -2.08. The van der Waals surface area contributed by atoms with E-state index in [9.17, 15) is 0 Å². The fourth-order valence-electron chi connectivity index (χ4n) is 3.21. The van der Waals surface area contributed by atoms with E-state index in [-0.39, 0.29) is 0 Å². The summed E-state index contributed by atoms with van der Waals surface area (Å²) in [5.74, 6) is 9.59. The molecule has 2 aromatic rings. The Morgan fingerprint density at radius 1 is 0.295 bits per heavy atom. The minimum absolute atomic E-state index is 0.453. The molecular weight excluding hydrogens is 721 g/mol. The summed E-state index contributed by atoms with van der Waals surface area (Å²) in [6.07, 6.45) is 0. The molecule has 16 heteroatoms. The summed E-state index contributed by atoms with van der Waals surface area (Å²) < 4.78 is 45.4. The quantitative estimate of drug-likeness (QED) is 0.0635. The zero-order valence-electron chi connectivity index (χ0n) is 24.5. The molecule has 0 bridgehead atoms. The fraction of sp³-hybridized carbons (Fsp3) is 0.571. The maximum absolute atomic E-state index is 5.72. The number of hydrogen-bond donors (Lipinski definition) is 8. The molecule has 0 aliphatic rings. The summed E-state index contributed by atoms with van der Waals surface area (Å²) in [5.41, 5.74) is 0. The first-order valence-corrected chi connectivity index (χ1v) is 18.8. The minimum atomic E-state index is 0.453. The normalized spacial score (nSPS) is 10.4. The number of hydrogen-bond acceptors (Lipinski definition) is 16. The molecule has 0 spiro atoms. The number of rotatable bonds is 24. The van der Waals surface area contributed by atoms with Gasteiger partial charge in [0.2, 0.25) is 5.75 Å². The zero-order valence-corrected chi connectivity index (χ0v) is 31.6. The molecule has 0 saturated heterocycles. The van der Waals surface area contributed by atoms with Crippen molar-refractivity contribution in [3.05, 3.63) is 24.3 Å². The summed E-state index contributed by atoms with van der Waals surface area (Å²) >= 11 is 33.2. The van der Waals surface area contributed by atoms with E-state index in [0.717, 1.165) is 0 Å². The van der Waals surface area contributed by atoms with E-state index in [1.807, 2.05) is 0 Å². The van der Waals surface area contributed by atoms with Crippen LogP contribution in [0.1, 0.15) is 0 Å². The summed E-state index contributed by atoms with van der Waals surface area (Å²) in [6, 6.07) is 7.12. The second kappa shape index (κ2) is 27.7. The van der Waals surface area contributed by atoms with Crippen LogP contribution >= 0.6 is 101 Å². The smallest absolute Gasteiger partial charge is 0.203 e. The van der Waals surface area contributed by atoms with Gasteiger partial charge in [-0.1, -0.05) is 0 Å². The van der Waals surface area contributed by atoms with Crippen LogP contribution in [-0.4, -0.2) is 98.9 Å². The maximum atomic E-state index is 5.72. The van der Waals surface area contributed by atoms with Crippen molar-refractivity contribution in [3.63, 3.8) is 0 Å². The summed E-state index contributed by atoms with van der Waals surface area (Å²) in [4.78, 5) is 0. The molecular formula is C28H44O8S8. The lowest BCUT2D eigenvalue weighted by molar-refractivity contribution is 0.259. The fourth-order valence-corrected chi connectivity index (χ4v) is 3.94. The van der Waals surface area contributed by atoms with Crippen molar-refractivity contribution in [2.45, 2.75) is 0 Å². The van der Waals surface area contributed by atoms with Gasteiger partial charge in [-0.15, -0.1) is 0 Å². The Labute approximate surface area is 305 Å². The standard InChI is InChI=1S/2C14H22O4S4/c19-5-1-15-11-9-13(17-3-7-21)14(18-4-8-22)10-12(11)16-2-6-20;19-5-1-15-11-9-12(16-2-6-20)14(18-4-8-22)13(10-11)17-3-7-21/h2*9-10,19-22H,1-8H2. The molecule has 252 valence electrons. The topological polar surface area (TPSA) is 73.8 Å². The van der Waals surface area contributed by atoms with Crippen LogP contribution in [0.2, 0.25) is 0 Å².